The second-order valence-corrected chi connectivity index (χ2v) is 6.02. The number of nitrogens with zero attached hydrogens (tertiary/aromatic N) is 1. The van der Waals surface area contributed by atoms with Crippen molar-refractivity contribution < 1.29 is 14.7 Å². The summed E-state index contributed by atoms with van der Waals surface area (Å²) in [5.74, 6) is -0.240. The van der Waals surface area contributed by atoms with Crippen LogP contribution in [0.1, 0.15) is 47.0 Å². The Morgan fingerprint density at radius 3 is 2.06 bits per heavy atom. The number of amides is 2. The summed E-state index contributed by atoms with van der Waals surface area (Å²) in [6.07, 6.45) is 1.24. The fraction of sp³-hybridized carbons (Fsp3) is 0.833. The summed E-state index contributed by atoms with van der Waals surface area (Å²) in [4.78, 5) is 24.8. The van der Waals surface area contributed by atoms with Crippen LogP contribution >= 0.6 is 0 Å². The van der Waals surface area contributed by atoms with E-state index in [0.29, 0.717) is 25.8 Å². The summed E-state index contributed by atoms with van der Waals surface area (Å²) >= 11 is 0. The molecule has 1 heterocycles. The molecule has 4 nitrogen and oxygen atoms in total. The summed E-state index contributed by atoms with van der Waals surface area (Å²) in [5, 5.41) is 9.57. The summed E-state index contributed by atoms with van der Waals surface area (Å²) < 4.78 is 0. The van der Waals surface area contributed by atoms with Gasteiger partial charge in [0.05, 0.1) is 5.60 Å². The first-order chi connectivity index (χ1) is 7.11. The van der Waals surface area contributed by atoms with Crippen LogP contribution in [0.5, 0.6) is 0 Å². The van der Waals surface area contributed by atoms with Gasteiger partial charge >= 0.3 is 0 Å². The minimum Gasteiger partial charge on any atom is -0.390 e. The molecule has 1 fully saturated rings. The van der Waals surface area contributed by atoms with E-state index >= 15 is 0 Å². The summed E-state index contributed by atoms with van der Waals surface area (Å²) in [6, 6.07) is 0. The smallest absolute Gasteiger partial charge is 0.229 e. The maximum Gasteiger partial charge on any atom is 0.229 e. The number of piperidine rings is 1. The van der Waals surface area contributed by atoms with Crippen molar-refractivity contribution in [2.45, 2.75) is 52.6 Å². The summed E-state index contributed by atoms with van der Waals surface area (Å²) in [7, 11) is 0. The van der Waals surface area contributed by atoms with Crippen LogP contribution in [0.25, 0.3) is 0 Å². The van der Waals surface area contributed by atoms with Crippen molar-refractivity contribution in [3.05, 3.63) is 0 Å². The number of rotatable bonds is 3. The number of hydrogen-bond donors (Lipinski definition) is 1. The molecule has 0 aromatic heterocycles. The van der Waals surface area contributed by atoms with E-state index in [1.807, 2.05) is 13.8 Å². The molecule has 16 heavy (non-hydrogen) atoms. The molecule has 1 aliphatic rings. The molecule has 1 N–H and O–H groups in total. The molecule has 1 rings (SSSR count). The first-order valence-corrected chi connectivity index (χ1v) is 5.66. The van der Waals surface area contributed by atoms with Crippen LogP contribution < -0.4 is 0 Å². The SMILES string of the molecule is CC(C)(O)CCN1C(=O)CC(C)(C)CC1=O. The van der Waals surface area contributed by atoms with Gasteiger partial charge < -0.3 is 5.11 Å². The van der Waals surface area contributed by atoms with Crippen molar-refractivity contribution in [3.63, 3.8) is 0 Å². The van der Waals surface area contributed by atoms with E-state index in [4.69, 9.17) is 0 Å². The molecule has 0 bridgehead atoms. The van der Waals surface area contributed by atoms with E-state index in [2.05, 4.69) is 0 Å². The van der Waals surface area contributed by atoms with Crippen molar-refractivity contribution in [1.29, 1.82) is 0 Å². The van der Waals surface area contributed by atoms with E-state index < -0.39 is 5.60 Å². The first kappa shape index (κ1) is 13.2. The third-order valence-electron chi connectivity index (χ3n) is 2.81. The molecule has 0 aromatic carbocycles. The van der Waals surface area contributed by atoms with Crippen LogP contribution in [0.4, 0.5) is 0 Å². The fourth-order valence-corrected chi connectivity index (χ4v) is 1.85. The van der Waals surface area contributed by atoms with Crippen LogP contribution in [-0.2, 0) is 9.59 Å². The van der Waals surface area contributed by atoms with E-state index in [-0.39, 0.29) is 17.2 Å². The average Bonchev–Trinajstić information content (AvgIpc) is 1.96. The van der Waals surface area contributed by atoms with Gasteiger partial charge in [-0.3, -0.25) is 14.5 Å². The van der Waals surface area contributed by atoms with Crippen molar-refractivity contribution in [1.82, 2.24) is 4.90 Å². The molecule has 0 atom stereocenters. The topological polar surface area (TPSA) is 57.6 Å². The number of aliphatic hydroxyl groups is 1. The van der Waals surface area contributed by atoms with E-state index in [1.165, 1.54) is 4.90 Å². The van der Waals surface area contributed by atoms with Gasteiger partial charge in [-0.25, -0.2) is 0 Å². The van der Waals surface area contributed by atoms with Crippen molar-refractivity contribution in [2.24, 2.45) is 5.41 Å². The van der Waals surface area contributed by atoms with Crippen molar-refractivity contribution in [3.8, 4) is 0 Å². The molecular weight excluding hydrogens is 206 g/mol. The second-order valence-electron chi connectivity index (χ2n) is 6.02. The Balaban J connectivity index is 2.62. The third-order valence-corrected chi connectivity index (χ3v) is 2.81. The Morgan fingerprint density at radius 2 is 1.69 bits per heavy atom. The van der Waals surface area contributed by atoms with Gasteiger partial charge in [-0.1, -0.05) is 13.8 Å². The van der Waals surface area contributed by atoms with Crippen LogP contribution in [0.3, 0.4) is 0 Å². The predicted molar refractivity (Wildman–Crippen MR) is 60.6 cm³/mol. The second kappa shape index (κ2) is 4.17. The molecule has 1 aliphatic heterocycles. The molecule has 92 valence electrons. The van der Waals surface area contributed by atoms with Crippen LogP contribution in [0.15, 0.2) is 0 Å². The van der Waals surface area contributed by atoms with Gasteiger partial charge in [-0.05, 0) is 25.7 Å². The molecule has 0 unspecified atom stereocenters. The summed E-state index contributed by atoms with van der Waals surface area (Å²) in [6.45, 7) is 7.52. The van der Waals surface area contributed by atoms with E-state index in [1.54, 1.807) is 13.8 Å². The predicted octanol–water partition coefficient (Wildman–Crippen LogP) is 1.32. The molecule has 1 saturated heterocycles. The van der Waals surface area contributed by atoms with Gasteiger partial charge in [-0.2, -0.15) is 0 Å². The molecule has 0 saturated carbocycles. The van der Waals surface area contributed by atoms with Gasteiger partial charge in [0.15, 0.2) is 0 Å². The monoisotopic (exact) mass is 227 g/mol. The molecule has 0 radical (unpaired) electrons. The third kappa shape index (κ3) is 3.59. The minimum absolute atomic E-state index is 0.120. The van der Waals surface area contributed by atoms with Crippen molar-refractivity contribution >= 4 is 11.8 Å². The van der Waals surface area contributed by atoms with Gasteiger partial charge in [0, 0.05) is 19.4 Å². The number of imide groups is 1. The Morgan fingerprint density at radius 1 is 1.25 bits per heavy atom. The maximum absolute atomic E-state index is 11.8. The molecule has 0 aliphatic carbocycles. The normalized spacial score (nSPS) is 21.4. The summed E-state index contributed by atoms with van der Waals surface area (Å²) in [5.41, 5.74) is -1.06. The molecule has 0 aromatic rings. The van der Waals surface area contributed by atoms with Gasteiger partial charge in [0.25, 0.3) is 0 Å². The highest BCUT2D eigenvalue weighted by Crippen LogP contribution is 2.31. The van der Waals surface area contributed by atoms with E-state index in [0.717, 1.165) is 0 Å². The highest BCUT2D eigenvalue weighted by molar-refractivity contribution is 5.98. The Kier molecular flexibility index (Phi) is 3.43. The first-order valence-electron chi connectivity index (χ1n) is 5.66. The number of carbonyl (C=O) groups excluding carboxylic acids is 2. The zero-order valence-electron chi connectivity index (χ0n) is 10.5. The zero-order chi connectivity index (χ0) is 12.6. The Labute approximate surface area is 96.6 Å². The number of hydrogen-bond acceptors (Lipinski definition) is 3. The van der Waals surface area contributed by atoms with Crippen molar-refractivity contribution in [2.75, 3.05) is 6.54 Å². The molecular formula is C12H21NO3. The minimum atomic E-state index is -0.840. The number of carbonyl (C=O) groups is 2. The highest BCUT2D eigenvalue weighted by Gasteiger charge is 2.37. The van der Waals surface area contributed by atoms with Crippen LogP contribution in [0, 0.1) is 5.41 Å². The van der Waals surface area contributed by atoms with Crippen LogP contribution in [-0.4, -0.2) is 34.0 Å². The zero-order valence-corrected chi connectivity index (χ0v) is 10.5. The van der Waals surface area contributed by atoms with Gasteiger partial charge in [0.1, 0.15) is 0 Å². The lowest BCUT2D eigenvalue weighted by molar-refractivity contribution is -0.153. The Hall–Kier alpha value is -0.900. The molecule has 2 amide bonds. The van der Waals surface area contributed by atoms with E-state index in [9.17, 15) is 14.7 Å². The quantitative estimate of drug-likeness (QED) is 0.740. The largest absolute Gasteiger partial charge is 0.390 e. The standard InChI is InChI=1S/C12H21NO3/c1-11(2)7-9(14)13(10(15)8-11)6-5-12(3,4)16/h16H,5-8H2,1-4H3. The van der Waals surface area contributed by atoms with Crippen LogP contribution in [0.2, 0.25) is 0 Å². The fourth-order valence-electron chi connectivity index (χ4n) is 1.85. The average molecular weight is 227 g/mol. The number of likely N-dealkylation sites (tertiary alicyclic amines) is 1. The van der Waals surface area contributed by atoms with Gasteiger partial charge in [0.2, 0.25) is 11.8 Å². The lowest BCUT2D eigenvalue weighted by atomic mass is 9.81. The lowest BCUT2D eigenvalue weighted by Gasteiger charge is -2.35. The van der Waals surface area contributed by atoms with Gasteiger partial charge in [-0.15, -0.1) is 0 Å². The highest BCUT2D eigenvalue weighted by atomic mass is 16.3. The molecule has 0 spiro atoms. The maximum atomic E-state index is 11.8. The molecule has 4 heteroatoms. The lowest BCUT2D eigenvalue weighted by Crippen LogP contribution is -2.47. The Bertz CT molecular complexity index is 282.